The molecule has 1 aromatic rings. The third-order valence-electron chi connectivity index (χ3n) is 4.49. The number of nitrogens with zero attached hydrogens (tertiary/aromatic N) is 2. The van der Waals surface area contributed by atoms with E-state index in [-0.39, 0.29) is 12.5 Å². The molecule has 1 aliphatic heterocycles. The Kier molecular flexibility index (Phi) is 7.41. The molecule has 29 heavy (non-hydrogen) atoms. The molecule has 1 heterocycles. The Hall–Kier alpha value is -2.41. The molecular weight excluding hydrogens is 372 g/mol. The number of amides is 1. The number of benzene rings is 1. The summed E-state index contributed by atoms with van der Waals surface area (Å²) in [5.74, 6) is -1.24. The Labute approximate surface area is 172 Å². The van der Waals surface area contributed by atoms with Gasteiger partial charge in [0.05, 0.1) is 24.3 Å². The molecule has 1 amide bonds. The van der Waals surface area contributed by atoms with E-state index in [4.69, 9.17) is 9.47 Å². The number of hydrogen-bond donors (Lipinski definition) is 1. The smallest absolute Gasteiger partial charge is 0.431 e. The molecule has 160 valence electrons. The lowest BCUT2D eigenvalue weighted by Crippen LogP contribution is -2.47. The van der Waals surface area contributed by atoms with E-state index in [0.29, 0.717) is 12.1 Å². The molecule has 0 bridgehead atoms. The van der Waals surface area contributed by atoms with Gasteiger partial charge in [-0.3, -0.25) is 0 Å². The van der Waals surface area contributed by atoms with Crippen LogP contribution in [0.1, 0.15) is 53.5 Å². The van der Waals surface area contributed by atoms with Crippen LogP contribution in [0.25, 0.3) is 0 Å². The normalized spacial score (nSPS) is 20.4. The molecule has 0 aliphatic carbocycles. The highest BCUT2D eigenvalue weighted by Crippen LogP contribution is 2.34. The van der Waals surface area contributed by atoms with E-state index >= 15 is 0 Å². The van der Waals surface area contributed by atoms with Gasteiger partial charge in [-0.15, -0.1) is 0 Å². The SMILES string of the molecule is CCOC(=O)[C@H](O)[C@@H]1C(c2ccccc2)=NN(C(=O)OC(C)(C)C)[C@H]1CC(C)C. The van der Waals surface area contributed by atoms with Crippen molar-refractivity contribution in [1.29, 1.82) is 0 Å². The Morgan fingerprint density at radius 2 is 1.83 bits per heavy atom. The van der Waals surface area contributed by atoms with Gasteiger partial charge in [0.1, 0.15) is 5.60 Å². The van der Waals surface area contributed by atoms with E-state index in [1.807, 2.05) is 44.2 Å². The van der Waals surface area contributed by atoms with Crippen LogP contribution in [0.5, 0.6) is 0 Å². The largest absolute Gasteiger partial charge is 0.464 e. The molecule has 1 N–H and O–H groups in total. The molecule has 0 radical (unpaired) electrons. The molecule has 7 heteroatoms. The van der Waals surface area contributed by atoms with Gasteiger partial charge in [-0.25, -0.2) is 9.59 Å². The highest BCUT2D eigenvalue weighted by molar-refractivity contribution is 6.06. The first-order chi connectivity index (χ1) is 13.5. The summed E-state index contributed by atoms with van der Waals surface area (Å²) in [6.07, 6.45) is -1.50. The standard InChI is InChI=1S/C22H32N2O5/c1-7-28-20(26)19(25)17-16(13-14(2)3)24(21(27)29-22(4,5)6)23-18(17)15-11-9-8-10-12-15/h8-12,14,16-17,19,25H,7,13H2,1-6H3/t16-,17-,19+/m0/s1. The van der Waals surface area contributed by atoms with E-state index in [1.54, 1.807) is 27.7 Å². The lowest BCUT2D eigenvalue weighted by molar-refractivity contribution is -0.155. The average Bonchev–Trinajstić information content (AvgIpc) is 2.99. The van der Waals surface area contributed by atoms with Crippen molar-refractivity contribution in [3.63, 3.8) is 0 Å². The maximum Gasteiger partial charge on any atom is 0.431 e. The number of rotatable bonds is 6. The molecule has 3 atom stereocenters. The number of carbonyl (C=O) groups is 2. The fraction of sp³-hybridized carbons (Fsp3) is 0.591. The highest BCUT2D eigenvalue weighted by Gasteiger charge is 2.48. The summed E-state index contributed by atoms with van der Waals surface area (Å²) < 4.78 is 10.6. The lowest BCUT2D eigenvalue weighted by Gasteiger charge is -2.31. The van der Waals surface area contributed by atoms with Crippen molar-refractivity contribution in [2.45, 2.75) is 65.7 Å². The van der Waals surface area contributed by atoms with Gasteiger partial charge in [0.25, 0.3) is 0 Å². The molecule has 7 nitrogen and oxygen atoms in total. The second-order valence-electron chi connectivity index (χ2n) is 8.60. The van der Waals surface area contributed by atoms with Crippen LogP contribution >= 0.6 is 0 Å². The zero-order valence-corrected chi connectivity index (χ0v) is 18.1. The number of ether oxygens (including phenoxy) is 2. The first kappa shape index (κ1) is 22.9. The van der Waals surface area contributed by atoms with Crippen molar-refractivity contribution < 1.29 is 24.2 Å². The summed E-state index contributed by atoms with van der Waals surface area (Å²) in [6, 6.07) is 8.72. The van der Waals surface area contributed by atoms with Crippen LogP contribution in [0.4, 0.5) is 4.79 Å². The van der Waals surface area contributed by atoms with E-state index in [2.05, 4.69) is 5.10 Å². The van der Waals surface area contributed by atoms with Crippen molar-refractivity contribution >= 4 is 17.8 Å². The summed E-state index contributed by atoms with van der Waals surface area (Å²) >= 11 is 0. The van der Waals surface area contributed by atoms with Crippen molar-refractivity contribution in [1.82, 2.24) is 5.01 Å². The third-order valence-corrected chi connectivity index (χ3v) is 4.49. The summed E-state index contributed by atoms with van der Waals surface area (Å²) in [5, 5.41) is 16.7. The van der Waals surface area contributed by atoms with E-state index < -0.39 is 35.7 Å². The topological polar surface area (TPSA) is 88.4 Å². The van der Waals surface area contributed by atoms with Gasteiger partial charge in [0.15, 0.2) is 6.10 Å². The van der Waals surface area contributed by atoms with Crippen LogP contribution in [0.2, 0.25) is 0 Å². The summed E-state index contributed by atoms with van der Waals surface area (Å²) in [4.78, 5) is 25.3. The number of aliphatic hydroxyl groups is 1. The second-order valence-corrected chi connectivity index (χ2v) is 8.60. The summed E-state index contributed by atoms with van der Waals surface area (Å²) in [5.41, 5.74) is 0.517. The van der Waals surface area contributed by atoms with Crippen LogP contribution < -0.4 is 0 Å². The van der Waals surface area contributed by atoms with E-state index in [0.717, 1.165) is 5.56 Å². The van der Waals surface area contributed by atoms with Crippen molar-refractivity contribution in [3.05, 3.63) is 35.9 Å². The quantitative estimate of drug-likeness (QED) is 0.732. The molecule has 0 unspecified atom stereocenters. The monoisotopic (exact) mass is 404 g/mol. The molecule has 2 rings (SSSR count). The van der Waals surface area contributed by atoms with Crippen LogP contribution in [-0.2, 0) is 14.3 Å². The Bertz CT molecular complexity index is 739. The predicted molar refractivity (Wildman–Crippen MR) is 110 cm³/mol. The lowest BCUT2D eigenvalue weighted by atomic mass is 9.83. The van der Waals surface area contributed by atoms with Gasteiger partial charge in [-0.05, 0) is 45.6 Å². The average molecular weight is 405 g/mol. The molecule has 0 saturated carbocycles. The van der Waals surface area contributed by atoms with Crippen molar-refractivity contribution in [2.24, 2.45) is 16.9 Å². The Morgan fingerprint density at radius 3 is 2.34 bits per heavy atom. The van der Waals surface area contributed by atoms with Gasteiger partial charge >= 0.3 is 12.1 Å². The molecule has 0 saturated heterocycles. The van der Waals surface area contributed by atoms with Gasteiger partial charge in [0, 0.05) is 0 Å². The molecule has 0 fully saturated rings. The molecule has 0 spiro atoms. The maximum absolute atomic E-state index is 12.9. The maximum atomic E-state index is 12.9. The molecular formula is C22H32N2O5. The number of esters is 1. The number of aliphatic hydroxyl groups excluding tert-OH is 1. The minimum atomic E-state index is -1.44. The molecule has 1 aliphatic rings. The first-order valence-corrected chi connectivity index (χ1v) is 10.1. The molecule has 1 aromatic carbocycles. The molecule has 0 aromatic heterocycles. The summed E-state index contributed by atoms with van der Waals surface area (Å²) in [6.45, 7) is 11.2. The fourth-order valence-electron chi connectivity index (χ4n) is 3.40. The number of hydrazone groups is 1. The predicted octanol–water partition coefficient (Wildman–Crippen LogP) is 3.60. The number of carbonyl (C=O) groups excluding carboxylic acids is 2. The second kappa shape index (κ2) is 9.39. The van der Waals surface area contributed by atoms with Crippen LogP contribution in [0.15, 0.2) is 35.4 Å². The van der Waals surface area contributed by atoms with E-state index in [9.17, 15) is 14.7 Å². The van der Waals surface area contributed by atoms with Gasteiger partial charge in [-0.1, -0.05) is 44.2 Å². The van der Waals surface area contributed by atoms with Crippen LogP contribution in [0, 0.1) is 11.8 Å². The van der Waals surface area contributed by atoms with Crippen molar-refractivity contribution in [2.75, 3.05) is 6.61 Å². The number of hydrogen-bond acceptors (Lipinski definition) is 6. The summed E-state index contributed by atoms with van der Waals surface area (Å²) in [7, 11) is 0. The zero-order valence-electron chi connectivity index (χ0n) is 18.1. The van der Waals surface area contributed by atoms with Crippen LogP contribution in [0.3, 0.4) is 0 Å². The Morgan fingerprint density at radius 1 is 1.21 bits per heavy atom. The Balaban J connectivity index is 2.50. The van der Waals surface area contributed by atoms with Gasteiger partial charge < -0.3 is 14.6 Å². The fourth-order valence-corrected chi connectivity index (χ4v) is 3.40. The van der Waals surface area contributed by atoms with Gasteiger partial charge in [0.2, 0.25) is 0 Å². The first-order valence-electron chi connectivity index (χ1n) is 10.1. The minimum absolute atomic E-state index is 0.158. The van der Waals surface area contributed by atoms with Crippen molar-refractivity contribution in [3.8, 4) is 0 Å². The van der Waals surface area contributed by atoms with Gasteiger partial charge in [-0.2, -0.15) is 10.1 Å². The zero-order chi connectivity index (χ0) is 21.8. The minimum Gasteiger partial charge on any atom is -0.464 e. The highest BCUT2D eigenvalue weighted by atomic mass is 16.6. The third kappa shape index (κ3) is 5.79. The van der Waals surface area contributed by atoms with Crippen LogP contribution in [-0.4, -0.2) is 52.2 Å². The van der Waals surface area contributed by atoms with E-state index in [1.165, 1.54) is 5.01 Å².